The van der Waals surface area contributed by atoms with Gasteiger partial charge in [-0.3, -0.25) is 0 Å². The summed E-state index contributed by atoms with van der Waals surface area (Å²) in [5.41, 5.74) is 4.33. The first kappa shape index (κ1) is 11.4. The number of alkyl halides is 3. The van der Waals surface area contributed by atoms with E-state index >= 15 is 0 Å². The molecule has 0 saturated carbocycles. The van der Waals surface area contributed by atoms with Crippen LogP contribution in [0.25, 0.3) is 0 Å². The Balaban J connectivity index is 3.00. The van der Waals surface area contributed by atoms with Gasteiger partial charge in [0.25, 0.3) is 0 Å². The molecule has 0 aliphatic carbocycles. The van der Waals surface area contributed by atoms with Gasteiger partial charge in [0, 0.05) is 6.07 Å². The zero-order chi connectivity index (χ0) is 11.5. The number of nitrogen functional groups attached to an aromatic ring is 1. The minimum absolute atomic E-state index is 0.0771. The van der Waals surface area contributed by atoms with Crippen LogP contribution in [0.4, 0.5) is 19.0 Å². The standard InChI is InChI=1S/C9H9F3N2O/c1-2-3-15-8-5-6(9(10,11)12)4-7(13)14-8/h2,4-5H,1,3H2,(H2,13,14). The number of nitrogens with zero attached hydrogens (tertiary/aromatic N) is 1. The molecule has 1 rings (SSSR count). The number of rotatable bonds is 3. The minimum Gasteiger partial charge on any atom is -0.473 e. The van der Waals surface area contributed by atoms with Crippen molar-refractivity contribution in [2.75, 3.05) is 12.3 Å². The molecule has 1 aromatic heterocycles. The first-order chi connectivity index (χ1) is 6.93. The Kier molecular flexibility index (Phi) is 3.18. The van der Waals surface area contributed by atoms with E-state index in [1.54, 1.807) is 0 Å². The highest BCUT2D eigenvalue weighted by atomic mass is 19.4. The largest absolute Gasteiger partial charge is 0.473 e. The van der Waals surface area contributed by atoms with E-state index in [0.717, 1.165) is 12.1 Å². The van der Waals surface area contributed by atoms with Crippen molar-refractivity contribution in [2.24, 2.45) is 0 Å². The van der Waals surface area contributed by atoms with Gasteiger partial charge in [0.05, 0.1) is 5.56 Å². The van der Waals surface area contributed by atoms with E-state index in [-0.39, 0.29) is 18.3 Å². The van der Waals surface area contributed by atoms with Crippen molar-refractivity contribution in [1.29, 1.82) is 0 Å². The number of ether oxygens (including phenoxy) is 1. The predicted molar refractivity (Wildman–Crippen MR) is 49.3 cm³/mol. The molecule has 0 aliphatic heterocycles. The van der Waals surface area contributed by atoms with E-state index < -0.39 is 11.7 Å². The Labute approximate surface area is 84.4 Å². The lowest BCUT2D eigenvalue weighted by molar-refractivity contribution is -0.137. The first-order valence-electron chi connectivity index (χ1n) is 4.02. The summed E-state index contributed by atoms with van der Waals surface area (Å²) in [6.07, 6.45) is -3.05. The molecule has 1 heterocycles. The van der Waals surface area contributed by atoms with Crippen LogP contribution in [0.15, 0.2) is 24.8 Å². The first-order valence-corrected chi connectivity index (χ1v) is 4.02. The van der Waals surface area contributed by atoms with E-state index in [9.17, 15) is 13.2 Å². The quantitative estimate of drug-likeness (QED) is 0.791. The van der Waals surface area contributed by atoms with Crippen molar-refractivity contribution in [3.05, 3.63) is 30.4 Å². The van der Waals surface area contributed by atoms with Crippen molar-refractivity contribution >= 4 is 5.82 Å². The third kappa shape index (κ3) is 3.16. The Morgan fingerprint density at radius 1 is 1.47 bits per heavy atom. The van der Waals surface area contributed by atoms with E-state index in [4.69, 9.17) is 10.5 Å². The van der Waals surface area contributed by atoms with Crippen LogP contribution in [0.1, 0.15) is 5.56 Å². The fourth-order valence-electron chi connectivity index (χ4n) is 0.908. The molecule has 2 N–H and O–H groups in total. The summed E-state index contributed by atoms with van der Waals surface area (Å²) >= 11 is 0. The van der Waals surface area contributed by atoms with E-state index in [1.807, 2.05) is 0 Å². The molecule has 0 fully saturated rings. The number of aromatic nitrogens is 1. The SMILES string of the molecule is C=CCOc1cc(C(F)(F)F)cc(N)n1. The second-order valence-electron chi connectivity index (χ2n) is 2.72. The van der Waals surface area contributed by atoms with Crippen LogP contribution in [0.2, 0.25) is 0 Å². The minimum atomic E-state index is -4.46. The van der Waals surface area contributed by atoms with Gasteiger partial charge in [-0.2, -0.15) is 18.2 Å². The topological polar surface area (TPSA) is 48.1 Å². The average molecular weight is 218 g/mol. The molecule has 82 valence electrons. The van der Waals surface area contributed by atoms with E-state index in [1.165, 1.54) is 6.08 Å². The zero-order valence-corrected chi connectivity index (χ0v) is 7.71. The van der Waals surface area contributed by atoms with E-state index in [0.29, 0.717) is 0 Å². The Hall–Kier alpha value is -1.72. The summed E-state index contributed by atoms with van der Waals surface area (Å²) in [6, 6.07) is 1.54. The molecular weight excluding hydrogens is 209 g/mol. The molecular formula is C9H9F3N2O. The summed E-state index contributed by atoms with van der Waals surface area (Å²) in [7, 11) is 0. The van der Waals surface area contributed by atoms with Crippen LogP contribution in [-0.2, 0) is 6.18 Å². The molecule has 0 aromatic carbocycles. The lowest BCUT2D eigenvalue weighted by Gasteiger charge is -2.09. The second-order valence-corrected chi connectivity index (χ2v) is 2.72. The summed E-state index contributed by atoms with van der Waals surface area (Å²) in [4.78, 5) is 3.59. The highest BCUT2D eigenvalue weighted by Crippen LogP contribution is 2.31. The Morgan fingerprint density at radius 3 is 2.67 bits per heavy atom. The summed E-state index contributed by atoms with van der Waals surface area (Å²) in [6.45, 7) is 3.44. The monoisotopic (exact) mass is 218 g/mol. The third-order valence-electron chi connectivity index (χ3n) is 1.50. The van der Waals surface area contributed by atoms with Crippen molar-refractivity contribution in [2.45, 2.75) is 6.18 Å². The van der Waals surface area contributed by atoms with Gasteiger partial charge in [-0.15, -0.1) is 0 Å². The number of pyridine rings is 1. The smallest absolute Gasteiger partial charge is 0.416 e. The van der Waals surface area contributed by atoms with Crippen LogP contribution in [0, 0.1) is 0 Å². The van der Waals surface area contributed by atoms with E-state index in [2.05, 4.69) is 11.6 Å². The van der Waals surface area contributed by atoms with Gasteiger partial charge in [0.15, 0.2) is 0 Å². The Morgan fingerprint density at radius 2 is 2.13 bits per heavy atom. The van der Waals surface area contributed by atoms with Crippen molar-refractivity contribution in [3.8, 4) is 5.88 Å². The zero-order valence-electron chi connectivity index (χ0n) is 7.71. The molecule has 0 unspecified atom stereocenters. The Bertz CT molecular complexity index is 363. The summed E-state index contributed by atoms with van der Waals surface area (Å²) < 4.78 is 41.8. The van der Waals surface area contributed by atoms with Gasteiger partial charge in [0.2, 0.25) is 5.88 Å². The molecule has 0 radical (unpaired) electrons. The number of anilines is 1. The van der Waals surface area contributed by atoms with Gasteiger partial charge < -0.3 is 10.5 Å². The molecule has 0 aliphatic rings. The number of nitrogens with two attached hydrogens (primary N) is 1. The van der Waals surface area contributed by atoms with Gasteiger partial charge in [-0.25, -0.2) is 0 Å². The van der Waals surface area contributed by atoms with Crippen LogP contribution in [-0.4, -0.2) is 11.6 Å². The predicted octanol–water partition coefficient (Wildman–Crippen LogP) is 2.25. The van der Waals surface area contributed by atoms with Crippen LogP contribution in [0.3, 0.4) is 0 Å². The molecule has 6 heteroatoms. The van der Waals surface area contributed by atoms with Crippen molar-refractivity contribution < 1.29 is 17.9 Å². The molecule has 3 nitrogen and oxygen atoms in total. The maximum absolute atomic E-state index is 12.3. The van der Waals surface area contributed by atoms with Gasteiger partial charge >= 0.3 is 6.18 Å². The van der Waals surface area contributed by atoms with Gasteiger partial charge in [-0.05, 0) is 6.07 Å². The van der Waals surface area contributed by atoms with Crippen molar-refractivity contribution in [1.82, 2.24) is 4.98 Å². The van der Waals surface area contributed by atoms with Crippen LogP contribution >= 0.6 is 0 Å². The molecule has 0 saturated heterocycles. The fourth-order valence-corrected chi connectivity index (χ4v) is 0.908. The summed E-state index contributed by atoms with van der Waals surface area (Å²) in [5, 5.41) is 0. The van der Waals surface area contributed by atoms with Gasteiger partial charge in [-0.1, -0.05) is 12.7 Å². The molecule has 1 aromatic rings. The van der Waals surface area contributed by atoms with Crippen LogP contribution in [0.5, 0.6) is 5.88 Å². The highest BCUT2D eigenvalue weighted by Gasteiger charge is 2.31. The maximum atomic E-state index is 12.3. The number of hydrogen-bond donors (Lipinski definition) is 1. The van der Waals surface area contributed by atoms with Gasteiger partial charge in [0.1, 0.15) is 12.4 Å². The highest BCUT2D eigenvalue weighted by molar-refractivity contribution is 5.38. The second kappa shape index (κ2) is 4.20. The average Bonchev–Trinajstić information content (AvgIpc) is 2.12. The molecule has 0 amide bonds. The number of hydrogen-bond acceptors (Lipinski definition) is 3. The fraction of sp³-hybridized carbons (Fsp3) is 0.222. The lowest BCUT2D eigenvalue weighted by Crippen LogP contribution is -2.08. The normalized spacial score (nSPS) is 11.1. The third-order valence-corrected chi connectivity index (χ3v) is 1.50. The molecule has 0 atom stereocenters. The van der Waals surface area contributed by atoms with Crippen LogP contribution < -0.4 is 10.5 Å². The summed E-state index contributed by atoms with van der Waals surface area (Å²) in [5.74, 6) is -0.397. The molecule has 0 bridgehead atoms. The van der Waals surface area contributed by atoms with Crippen molar-refractivity contribution in [3.63, 3.8) is 0 Å². The lowest BCUT2D eigenvalue weighted by atomic mass is 10.2. The molecule has 0 spiro atoms. The maximum Gasteiger partial charge on any atom is 0.416 e. The number of halogens is 3. The molecule has 15 heavy (non-hydrogen) atoms.